The summed E-state index contributed by atoms with van der Waals surface area (Å²) >= 11 is 24.8. The van der Waals surface area contributed by atoms with Crippen molar-refractivity contribution < 1.29 is 18.0 Å². The van der Waals surface area contributed by atoms with Crippen LogP contribution >= 0.6 is 46.4 Å². The topological polar surface area (TPSA) is 86.8 Å². The number of rotatable bonds is 10. The first kappa shape index (κ1) is 28.5. The lowest BCUT2D eigenvalue weighted by atomic mass is 10.1. The maximum atomic E-state index is 13.5. The molecular weight excluding hydrogens is 544 g/mol. The summed E-state index contributed by atoms with van der Waals surface area (Å²) in [6, 6.07) is 8.23. The molecule has 0 radical (unpaired) electrons. The van der Waals surface area contributed by atoms with E-state index in [1.807, 2.05) is 6.92 Å². The van der Waals surface area contributed by atoms with Crippen LogP contribution in [0.5, 0.6) is 0 Å². The first-order valence-electron chi connectivity index (χ1n) is 10.3. The van der Waals surface area contributed by atoms with Crippen molar-refractivity contribution in [2.75, 3.05) is 23.7 Å². The number of hydrogen-bond acceptors (Lipinski definition) is 4. The molecule has 1 N–H and O–H groups in total. The number of halogens is 4. The summed E-state index contributed by atoms with van der Waals surface area (Å²) in [5.74, 6) is -1.05. The number of sulfonamides is 1. The fourth-order valence-corrected chi connectivity index (χ4v) is 4.91. The Morgan fingerprint density at radius 2 is 1.65 bits per heavy atom. The summed E-state index contributed by atoms with van der Waals surface area (Å²) in [5, 5.41) is 3.70. The molecule has 2 aromatic carbocycles. The number of benzene rings is 2. The molecule has 0 aliphatic rings. The maximum absolute atomic E-state index is 13.5. The Morgan fingerprint density at radius 1 is 1.03 bits per heavy atom. The van der Waals surface area contributed by atoms with Crippen molar-refractivity contribution in [2.45, 2.75) is 32.9 Å². The Bertz CT molecular complexity index is 1140. The van der Waals surface area contributed by atoms with E-state index >= 15 is 0 Å². The van der Waals surface area contributed by atoms with E-state index in [4.69, 9.17) is 46.4 Å². The molecule has 1 unspecified atom stereocenters. The van der Waals surface area contributed by atoms with Crippen LogP contribution in [0.25, 0.3) is 0 Å². The number of amides is 2. The lowest BCUT2D eigenvalue weighted by molar-refractivity contribution is -0.139. The Hall–Kier alpha value is -1.71. The molecule has 34 heavy (non-hydrogen) atoms. The highest BCUT2D eigenvalue weighted by atomic mass is 35.5. The van der Waals surface area contributed by atoms with Gasteiger partial charge in [-0.15, -0.1) is 0 Å². The van der Waals surface area contributed by atoms with Gasteiger partial charge >= 0.3 is 0 Å². The van der Waals surface area contributed by atoms with Crippen LogP contribution in [0.3, 0.4) is 0 Å². The molecule has 2 amide bonds. The van der Waals surface area contributed by atoms with Crippen LogP contribution in [0.2, 0.25) is 20.1 Å². The summed E-state index contributed by atoms with van der Waals surface area (Å²) in [6.45, 7) is 3.14. The predicted octanol–water partition coefficient (Wildman–Crippen LogP) is 5.01. The quantitative estimate of drug-likeness (QED) is 0.436. The van der Waals surface area contributed by atoms with Gasteiger partial charge in [0.25, 0.3) is 0 Å². The molecule has 0 aliphatic carbocycles. The van der Waals surface area contributed by atoms with Gasteiger partial charge in [-0.1, -0.05) is 59.4 Å². The van der Waals surface area contributed by atoms with Gasteiger partial charge in [0, 0.05) is 33.7 Å². The lowest BCUT2D eigenvalue weighted by Crippen LogP contribution is -2.51. The highest BCUT2D eigenvalue weighted by Crippen LogP contribution is 2.31. The van der Waals surface area contributed by atoms with Gasteiger partial charge in [0.05, 0.1) is 17.0 Å². The van der Waals surface area contributed by atoms with Gasteiger partial charge in [0.1, 0.15) is 12.6 Å². The number of hydrogen-bond donors (Lipinski definition) is 1. The third kappa shape index (κ3) is 7.39. The fraction of sp³-hybridized carbons (Fsp3) is 0.364. The molecule has 2 aromatic rings. The van der Waals surface area contributed by atoms with Crippen LogP contribution in [0, 0.1) is 0 Å². The van der Waals surface area contributed by atoms with E-state index in [1.165, 1.54) is 23.1 Å². The van der Waals surface area contributed by atoms with Gasteiger partial charge in [0.2, 0.25) is 21.8 Å². The van der Waals surface area contributed by atoms with Crippen LogP contribution in [0.4, 0.5) is 5.69 Å². The van der Waals surface area contributed by atoms with Gasteiger partial charge in [0.15, 0.2) is 0 Å². The van der Waals surface area contributed by atoms with Gasteiger partial charge in [-0.25, -0.2) is 8.42 Å². The number of carbonyl (C=O) groups excluding carboxylic acids is 2. The minimum absolute atomic E-state index is 0.0452. The normalized spacial score (nSPS) is 12.2. The van der Waals surface area contributed by atoms with Crippen LogP contribution in [0.1, 0.15) is 25.8 Å². The van der Waals surface area contributed by atoms with E-state index in [-0.39, 0.29) is 22.3 Å². The Balaban J connectivity index is 2.48. The van der Waals surface area contributed by atoms with Crippen LogP contribution in [-0.2, 0) is 26.2 Å². The SMILES string of the molecule is CCCNC(=O)C(C)N(Cc1c(Cl)cccc1Cl)C(=O)CN(c1cc(Cl)ccc1Cl)S(C)(=O)=O. The minimum Gasteiger partial charge on any atom is -0.354 e. The van der Waals surface area contributed by atoms with Crippen LogP contribution < -0.4 is 9.62 Å². The molecule has 0 heterocycles. The zero-order valence-corrected chi connectivity index (χ0v) is 22.7. The number of nitrogens with one attached hydrogen (secondary N) is 1. The second kappa shape index (κ2) is 12.3. The second-order valence-electron chi connectivity index (χ2n) is 7.55. The van der Waals surface area contributed by atoms with Crippen molar-refractivity contribution in [3.8, 4) is 0 Å². The largest absolute Gasteiger partial charge is 0.354 e. The van der Waals surface area contributed by atoms with Crippen molar-refractivity contribution in [2.24, 2.45) is 0 Å². The summed E-state index contributed by atoms with van der Waals surface area (Å²) < 4.78 is 26.0. The zero-order chi connectivity index (χ0) is 25.6. The molecule has 2 rings (SSSR count). The van der Waals surface area contributed by atoms with Gasteiger partial charge in [-0.3, -0.25) is 13.9 Å². The van der Waals surface area contributed by atoms with Crippen molar-refractivity contribution in [3.63, 3.8) is 0 Å². The van der Waals surface area contributed by atoms with Crippen molar-refractivity contribution >= 4 is 73.9 Å². The third-order valence-corrected chi connectivity index (χ3v) is 7.35. The van der Waals surface area contributed by atoms with E-state index in [1.54, 1.807) is 25.1 Å². The van der Waals surface area contributed by atoms with E-state index in [0.29, 0.717) is 28.6 Å². The monoisotopic (exact) mass is 567 g/mol. The molecule has 0 fully saturated rings. The Kier molecular flexibility index (Phi) is 10.3. The third-order valence-electron chi connectivity index (χ3n) is 4.96. The Labute approximate surface area is 220 Å². The van der Waals surface area contributed by atoms with E-state index < -0.39 is 34.4 Å². The Morgan fingerprint density at radius 3 is 2.21 bits per heavy atom. The molecule has 0 spiro atoms. The average molecular weight is 569 g/mol. The average Bonchev–Trinajstić information content (AvgIpc) is 2.76. The molecule has 186 valence electrons. The first-order valence-corrected chi connectivity index (χ1v) is 13.7. The number of anilines is 1. The molecule has 12 heteroatoms. The minimum atomic E-state index is -3.95. The highest BCUT2D eigenvalue weighted by molar-refractivity contribution is 7.92. The van der Waals surface area contributed by atoms with E-state index in [2.05, 4.69) is 5.32 Å². The molecule has 7 nitrogen and oxygen atoms in total. The van der Waals surface area contributed by atoms with Gasteiger partial charge in [-0.05, 0) is 43.7 Å². The molecular formula is C22H25Cl4N3O4S. The molecule has 0 aromatic heterocycles. The number of nitrogens with zero attached hydrogens (tertiary/aromatic N) is 2. The molecule has 1 atom stereocenters. The van der Waals surface area contributed by atoms with Gasteiger partial charge < -0.3 is 10.2 Å². The molecule has 0 aliphatic heterocycles. The summed E-state index contributed by atoms with van der Waals surface area (Å²) in [4.78, 5) is 27.4. The van der Waals surface area contributed by atoms with Crippen molar-refractivity contribution in [1.29, 1.82) is 0 Å². The molecule has 0 bridgehead atoms. The van der Waals surface area contributed by atoms with Crippen LogP contribution in [0.15, 0.2) is 36.4 Å². The second-order valence-corrected chi connectivity index (χ2v) is 11.1. The zero-order valence-electron chi connectivity index (χ0n) is 18.8. The molecule has 0 saturated heterocycles. The van der Waals surface area contributed by atoms with Crippen molar-refractivity contribution in [3.05, 3.63) is 62.1 Å². The van der Waals surface area contributed by atoms with E-state index in [9.17, 15) is 18.0 Å². The number of carbonyl (C=O) groups is 2. The summed E-state index contributed by atoms with van der Waals surface area (Å²) in [7, 11) is -3.95. The summed E-state index contributed by atoms with van der Waals surface area (Å²) in [5.41, 5.74) is 0.477. The lowest BCUT2D eigenvalue weighted by Gasteiger charge is -2.32. The predicted molar refractivity (Wildman–Crippen MR) is 138 cm³/mol. The smallest absolute Gasteiger partial charge is 0.244 e. The van der Waals surface area contributed by atoms with Gasteiger partial charge in [-0.2, -0.15) is 0 Å². The molecule has 0 saturated carbocycles. The standard InChI is InChI=1S/C22H25Cl4N3O4S/c1-4-10-27-22(31)14(2)28(12-16-17(24)6-5-7-18(16)25)21(30)13-29(34(3,32)33)20-11-15(23)8-9-19(20)26/h5-9,11,14H,4,10,12-13H2,1-3H3,(H,27,31). The summed E-state index contributed by atoms with van der Waals surface area (Å²) in [6.07, 6.45) is 1.65. The maximum Gasteiger partial charge on any atom is 0.244 e. The van der Waals surface area contributed by atoms with Crippen molar-refractivity contribution in [1.82, 2.24) is 10.2 Å². The van der Waals surface area contributed by atoms with E-state index in [0.717, 1.165) is 10.6 Å². The first-order chi connectivity index (χ1) is 15.9. The fourth-order valence-electron chi connectivity index (χ4n) is 3.10. The highest BCUT2D eigenvalue weighted by Gasteiger charge is 2.31. The van der Waals surface area contributed by atoms with Crippen LogP contribution in [-0.4, -0.2) is 50.5 Å².